The Balaban J connectivity index is 2.11. The van der Waals surface area contributed by atoms with E-state index in [0.29, 0.717) is 28.4 Å². The fourth-order valence-electron chi connectivity index (χ4n) is 3.31. The molecule has 4 rings (SSSR count). The maximum atomic E-state index is 14.6. The van der Waals surface area contributed by atoms with Crippen molar-refractivity contribution in [1.82, 2.24) is 14.7 Å². The van der Waals surface area contributed by atoms with Crippen LogP contribution in [0.3, 0.4) is 0 Å². The zero-order valence-electron chi connectivity index (χ0n) is 15.2. The van der Waals surface area contributed by atoms with Crippen molar-refractivity contribution < 1.29 is 13.3 Å². The van der Waals surface area contributed by atoms with Gasteiger partial charge in [-0.05, 0) is 38.1 Å². The smallest absolute Gasteiger partial charge is 0.191 e. The van der Waals surface area contributed by atoms with Crippen LogP contribution in [0.15, 0.2) is 45.7 Å². The molecular weight excluding hydrogens is 366 g/mol. The monoisotopic (exact) mass is 382 g/mol. The van der Waals surface area contributed by atoms with Gasteiger partial charge in [-0.1, -0.05) is 5.16 Å². The molecule has 0 aliphatic rings. The van der Waals surface area contributed by atoms with Crippen LogP contribution in [-0.4, -0.2) is 14.7 Å². The Kier molecular flexibility index (Phi) is 4.27. The highest BCUT2D eigenvalue weighted by molar-refractivity contribution is 5.81. The summed E-state index contributed by atoms with van der Waals surface area (Å²) in [6, 6.07) is 7.84. The van der Waals surface area contributed by atoms with Crippen LogP contribution in [0.4, 0.5) is 8.78 Å². The lowest BCUT2D eigenvalue weighted by Crippen LogP contribution is -2.18. The van der Waals surface area contributed by atoms with Crippen molar-refractivity contribution in [3.8, 4) is 16.9 Å². The van der Waals surface area contributed by atoms with E-state index in [4.69, 9.17) is 10.3 Å². The number of hydrogen-bond acceptors (Lipinski definition) is 5. The number of nitrogens with zero attached hydrogens (tertiary/aromatic N) is 3. The Morgan fingerprint density at radius 1 is 1.14 bits per heavy atom. The highest BCUT2D eigenvalue weighted by atomic mass is 19.1. The van der Waals surface area contributed by atoms with E-state index in [9.17, 15) is 13.6 Å². The van der Waals surface area contributed by atoms with Gasteiger partial charge in [0, 0.05) is 24.4 Å². The molecule has 0 aliphatic carbocycles. The lowest BCUT2D eigenvalue weighted by atomic mass is 10.1. The molecule has 0 atom stereocenters. The first kappa shape index (κ1) is 18.0. The molecule has 3 heterocycles. The van der Waals surface area contributed by atoms with Gasteiger partial charge in [-0.15, -0.1) is 0 Å². The van der Waals surface area contributed by atoms with Crippen molar-refractivity contribution in [3.05, 3.63) is 75.4 Å². The number of pyridine rings is 2. The van der Waals surface area contributed by atoms with Gasteiger partial charge in [0.1, 0.15) is 23.0 Å². The first-order valence-electron chi connectivity index (χ1n) is 8.55. The molecule has 0 saturated carbocycles. The molecule has 1 aromatic carbocycles. The third-order valence-electron chi connectivity index (χ3n) is 4.59. The van der Waals surface area contributed by atoms with E-state index in [0.717, 1.165) is 12.1 Å². The fraction of sp³-hybridized carbons (Fsp3) is 0.150. The summed E-state index contributed by atoms with van der Waals surface area (Å²) in [6.45, 7) is 3.50. The first-order chi connectivity index (χ1) is 13.4. The van der Waals surface area contributed by atoms with E-state index in [1.807, 2.05) is 0 Å². The number of benzene rings is 1. The molecule has 3 aromatic heterocycles. The normalized spacial score (nSPS) is 11.3. The van der Waals surface area contributed by atoms with E-state index in [-0.39, 0.29) is 28.7 Å². The van der Waals surface area contributed by atoms with E-state index in [1.54, 1.807) is 26.0 Å². The second-order valence-electron chi connectivity index (χ2n) is 6.40. The molecule has 0 amide bonds. The minimum Gasteiger partial charge on any atom is -0.361 e. The maximum absolute atomic E-state index is 14.6. The van der Waals surface area contributed by atoms with Crippen molar-refractivity contribution in [2.45, 2.75) is 20.4 Å². The molecule has 6 nitrogen and oxygen atoms in total. The molecule has 4 aromatic rings. The molecular formula is C20H16F2N4O2. The number of rotatable bonds is 3. The molecule has 142 valence electrons. The summed E-state index contributed by atoms with van der Waals surface area (Å²) < 4.78 is 34.6. The van der Waals surface area contributed by atoms with Crippen LogP contribution in [0.25, 0.3) is 28.0 Å². The molecule has 0 aliphatic heterocycles. The fourth-order valence-corrected chi connectivity index (χ4v) is 3.31. The number of fused-ring (bicyclic) bond motifs is 1. The Morgan fingerprint density at radius 3 is 2.57 bits per heavy atom. The zero-order chi connectivity index (χ0) is 20.0. The second kappa shape index (κ2) is 6.65. The van der Waals surface area contributed by atoms with Gasteiger partial charge in [0.2, 0.25) is 0 Å². The Morgan fingerprint density at radius 2 is 1.93 bits per heavy atom. The Hall–Kier alpha value is -3.39. The van der Waals surface area contributed by atoms with Crippen molar-refractivity contribution in [2.24, 2.45) is 5.73 Å². The van der Waals surface area contributed by atoms with Crippen molar-refractivity contribution in [2.75, 3.05) is 0 Å². The summed E-state index contributed by atoms with van der Waals surface area (Å²) >= 11 is 0. The van der Waals surface area contributed by atoms with Gasteiger partial charge in [-0.3, -0.25) is 9.36 Å². The molecule has 0 saturated heterocycles. The van der Waals surface area contributed by atoms with Crippen LogP contribution in [0.5, 0.6) is 0 Å². The third-order valence-corrected chi connectivity index (χ3v) is 4.59. The number of hydrogen-bond donors (Lipinski definition) is 1. The predicted molar refractivity (Wildman–Crippen MR) is 100 cm³/mol. The average Bonchev–Trinajstić information content (AvgIpc) is 3.00. The van der Waals surface area contributed by atoms with E-state index in [1.165, 1.54) is 16.7 Å². The SMILES string of the molecule is Cc1noc(C)c1-c1ccc2c(=O)cc(CN)n(-c3ccc(F)cc3F)c2n1. The Labute approximate surface area is 158 Å². The molecule has 0 bridgehead atoms. The van der Waals surface area contributed by atoms with Crippen LogP contribution < -0.4 is 11.2 Å². The standard InChI is InChI=1S/C20H16F2N4O2/c1-10-19(11(2)28-25-10)16-5-4-14-18(27)8-13(9-23)26(20(14)24-16)17-6-3-12(21)7-15(17)22/h3-8H,9,23H2,1-2H3. The van der Waals surface area contributed by atoms with Crippen molar-refractivity contribution in [3.63, 3.8) is 0 Å². The van der Waals surface area contributed by atoms with Crippen LogP contribution in [0.2, 0.25) is 0 Å². The van der Waals surface area contributed by atoms with Gasteiger partial charge in [0.05, 0.1) is 28.0 Å². The van der Waals surface area contributed by atoms with E-state index >= 15 is 0 Å². The molecule has 0 radical (unpaired) electrons. The lowest BCUT2D eigenvalue weighted by Gasteiger charge is -2.16. The van der Waals surface area contributed by atoms with Gasteiger partial charge in [-0.2, -0.15) is 0 Å². The number of halogens is 2. The van der Waals surface area contributed by atoms with Gasteiger partial charge in [-0.25, -0.2) is 13.8 Å². The Bertz CT molecular complexity index is 1260. The number of nitrogens with two attached hydrogens (primary N) is 1. The quantitative estimate of drug-likeness (QED) is 0.587. The molecule has 8 heteroatoms. The van der Waals surface area contributed by atoms with Gasteiger partial charge < -0.3 is 10.3 Å². The number of aromatic nitrogens is 3. The minimum atomic E-state index is -0.788. The molecule has 0 spiro atoms. The summed E-state index contributed by atoms with van der Waals surface area (Å²) in [5, 5.41) is 4.21. The summed E-state index contributed by atoms with van der Waals surface area (Å²) in [5.41, 5.74) is 7.99. The van der Waals surface area contributed by atoms with Crippen LogP contribution in [0.1, 0.15) is 17.1 Å². The van der Waals surface area contributed by atoms with Crippen LogP contribution >= 0.6 is 0 Å². The third kappa shape index (κ3) is 2.78. The molecule has 0 unspecified atom stereocenters. The molecule has 0 fully saturated rings. The zero-order valence-corrected chi connectivity index (χ0v) is 15.2. The average molecular weight is 382 g/mol. The second-order valence-corrected chi connectivity index (χ2v) is 6.40. The van der Waals surface area contributed by atoms with Gasteiger partial charge in [0.15, 0.2) is 5.43 Å². The lowest BCUT2D eigenvalue weighted by molar-refractivity contribution is 0.393. The largest absolute Gasteiger partial charge is 0.361 e. The van der Waals surface area contributed by atoms with Gasteiger partial charge >= 0.3 is 0 Å². The van der Waals surface area contributed by atoms with Crippen LogP contribution in [0, 0.1) is 25.5 Å². The van der Waals surface area contributed by atoms with Crippen LogP contribution in [-0.2, 0) is 6.54 Å². The van der Waals surface area contributed by atoms with E-state index < -0.39 is 11.6 Å². The number of aryl methyl sites for hydroxylation is 2. The highest BCUT2D eigenvalue weighted by Crippen LogP contribution is 2.28. The van der Waals surface area contributed by atoms with Crippen molar-refractivity contribution in [1.29, 1.82) is 0 Å². The maximum Gasteiger partial charge on any atom is 0.191 e. The topological polar surface area (TPSA) is 86.9 Å². The molecule has 2 N–H and O–H groups in total. The predicted octanol–water partition coefficient (Wildman–Crippen LogP) is 3.39. The summed E-state index contributed by atoms with van der Waals surface area (Å²) in [7, 11) is 0. The summed E-state index contributed by atoms with van der Waals surface area (Å²) in [6.07, 6.45) is 0. The van der Waals surface area contributed by atoms with E-state index in [2.05, 4.69) is 10.1 Å². The summed E-state index contributed by atoms with van der Waals surface area (Å²) in [5.74, 6) is -0.921. The highest BCUT2D eigenvalue weighted by Gasteiger charge is 2.18. The molecule has 28 heavy (non-hydrogen) atoms. The first-order valence-corrected chi connectivity index (χ1v) is 8.55. The minimum absolute atomic E-state index is 0.0285. The van der Waals surface area contributed by atoms with Crippen molar-refractivity contribution >= 4 is 11.0 Å². The summed E-state index contributed by atoms with van der Waals surface area (Å²) in [4.78, 5) is 17.1. The van der Waals surface area contributed by atoms with Gasteiger partial charge in [0.25, 0.3) is 0 Å².